The van der Waals surface area contributed by atoms with Crippen LogP contribution in [0, 0.1) is 5.92 Å². The zero-order chi connectivity index (χ0) is 23.9. The Bertz CT molecular complexity index is 1360. The number of nitrogen functional groups attached to an aromatic ring is 1. The highest BCUT2D eigenvalue weighted by Crippen LogP contribution is 2.43. The first-order valence-electron chi connectivity index (χ1n) is 12.6. The number of hydrogen-bond donors (Lipinski definition) is 3. The van der Waals surface area contributed by atoms with Crippen molar-refractivity contribution in [2.75, 3.05) is 24.7 Å². The number of aliphatic hydroxyl groups is 1. The number of nitrogens with two attached hydrogens (primary N) is 1. The van der Waals surface area contributed by atoms with Crippen molar-refractivity contribution in [1.82, 2.24) is 19.5 Å². The molecule has 2 saturated carbocycles. The highest BCUT2D eigenvalue weighted by molar-refractivity contribution is 5.90. The average molecular weight is 473 g/mol. The maximum Gasteiger partial charge on any atom is 0.146 e. The summed E-state index contributed by atoms with van der Waals surface area (Å²) < 4.78 is 8.38. The summed E-state index contributed by atoms with van der Waals surface area (Å²) in [6.45, 7) is 0.459. The summed E-state index contributed by atoms with van der Waals surface area (Å²) >= 11 is 0. The van der Waals surface area contributed by atoms with Crippen LogP contribution in [0.5, 0.6) is 5.75 Å². The van der Waals surface area contributed by atoms with E-state index in [0.29, 0.717) is 24.8 Å². The van der Waals surface area contributed by atoms with Gasteiger partial charge >= 0.3 is 0 Å². The minimum absolute atomic E-state index is 0.0406. The van der Waals surface area contributed by atoms with E-state index in [2.05, 4.69) is 31.0 Å². The Balaban J connectivity index is 1.21. The predicted octanol–water partition coefficient (Wildman–Crippen LogP) is 4.65. The Kier molecular flexibility index (Phi) is 5.68. The molecule has 0 aliphatic heterocycles. The van der Waals surface area contributed by atoms with Crippen molar-refractivity contribution < 1.29 is 9.84 Å². The monoisotopic (exact) mass is 472 g/mol. The molecule has 0 bridgehead atoms. The molecular weight excluding hydrogens is 440 g/mol. The summed E-state index contributed by atoms with van der Waals surface area (Å²) in [5, 5.41) is 16.0. The third-order valence-corrected chi connectivity index (χ3v) is 7.87. The van der Waals surface area contributed by atoms with Crippen molar-refractivity contribution in [3.05, 3.63) is 48.4 Å². The van der Waals surface area contributed by atoms with Gasteiger partial charge in [-0.15, -0.1) is 0 Å². The number of ether oxygens (including phenoxy) is 1. The molecule has 6 rings (SSSR count). The maximum absolute atomic E-state index is 10.9. The molecule has 0 spiro atoms. The molecule has 3 heterocycles. The van der Waals surface area contributed by atoms with Gasteiger partial charge in [0.15, 0.2) is 0 Å². The highest BCUT2D eigenvalue weighted by Gasteiger charge is 2.36. The molecule has 1 aromatic carbocycles. The van der Waals surface area contributed by atoms with E-state index in [9.17, 15) is 5.11 Å². The highest BCUT2D eigenvalue weighted by atomic mass is 16.5. The van der Waals surface area contributed by atoms with Gasteiger partial charge < -0.3 is 25.5 Å². The fourth-order valence-electron chi connectivity index (χ4n) is 5.97. The first-order chi connectivity index (χ1) is 17.1. The van der Waals surface area contributed by atoms with E-state index in [-0.39, 0.29) is 12.0 Å². The molecule has 2 aliphatic rings. The van der Waals surface area contributed by atoms with Gasteiger partial charge in [0, 0.05) is 36.7 Å². The normalized spacial score (nSPS) is 22.9. The van der Waals surface area contributed by atoms with Crippen molar-refractivity contribution in [2.45, 2.75) is 56.6 Å². The van der Waals surface area contributed by atoms with Gasteiger partial charge in [-0.3, -0.25) is 0 Å². The first-order valence-corrected chi connectivity index (χ1v) is 12.6. The molecule has 8 heteroatoms. The Hall–Kier alpha value is -3.39. The smallest absolute Gasteiger partial charge is 0.146 e. The predicted molar refractivity (Wildman–Crippen MR) is 138 cm³/mol. The molecule has 0 radical (unpaired) electrons. The molecule has 2 aliphatic carbocycles. The fraction of sp³-hybridized carbons (Fsp3) is 0.444. The third-order valence-electron chi connectivity index (χ3n) is 7.87. The number of pyridine rings is 1. The number of anilines is 2. The largest absolute Gasteiger partial charge is 0.493 e. The van der Waals surface area contributed by atoms with E-state index in [0.717, 1.165) is 39.9 Å². The van der Waals surface area contributed by atoms with Crippen molar-refractivity contribution >= 4 is 33.6 Å². The van der Waals surface area contributed by atoms with Gasteiger partial charge in [-0.25, -0.2) is 15.0 Å². The van der Waals surface area contributed by atoms with Gasteiger partial charge in [-0.05, 0) is 61.4 Å². The zero-order valence-corrected chi connectivity index (χ0v) is 20.0. The average Bonchev–Trinajstić information content (AvgIpc) is 3.61. The van der Waals surface area contributed by atoms with E-state index >= 15 is 0 Å². The lowest BCUT2D eigenvalue weighted by atomic mass is 9.98. The van der Waals surface area contributed by atoms with Crippen molar-refractivity contribution in [1.29, 1.82) is 0 Å². The molecule has 0 unspecified atom stereocenters. The molecule has 3 atom stereocenters. The molecule has 4 aromatic rings. The van der Waals surface area contributed by atoms with Crippen molar-refractivity contribution in [3.8, 4) is 5.75 Å². The number of fused-ring (bicyclic) bond motifs is 2. The third kappa shape index (κ3) is 4.05. The molecule has 4 N–H and O–H groups in total. The SMILES string of the molecule is CNc1ccc2ccc(OC[C@H]3C[C@@H](n4cc(C5CCCC5)c5c(N)ncnc54)C[C@@H]3O)cc2n1. The van der Waals surface area contributed by atoms with Crippen molar-refractivity contribution in [2.24, 2.45) is 5.92 Å². The van der Waals surface area contributed by atoms with Crippen LogP contribution in [0.25, 0.3) is 21.9 Å². The Labute approximate surface area is 204 Å². The number of rotatable bonds is 6. The van der Waals surface area contributed by atoms with Crippen LogP contribution >= 0.6 is 0 Å². The topological polar surface area (TPSA) is 111 Å². The van der Waals surface area contributed by atoms with Gasteiger partial charge in [0.05, 0.1) is 23.6 Å². The lowest BCUT2D eigenvalue weighted by Crippen LogP contribution is -2.20. The van der Waals surface area contributed by atoms with Crippen LogP contribution in [-0.4, -0.2) is 44.4 Å². The van der Waals surface area contributed by atoms with Crippen LogP contribution < -0.4 is 15.8 Å². The summed E-state index contributed by atoms with van der Waals surface area (Å²) in [7, 11) is 1.86. The van der Waals surface area contributed by atoms with Gasteiger partial charge in [0.2, 0.25) is 0 Å². The van der Waals surface area contributed by atoms with E-state index in [1.54, 1.807) is 6.33 Å². The Morgan fingerprint density at radius 2 is 1.97 bits per heavy atom. The molecule has 35 heavy (non-hydrogen) atoms. The second-order valence-electron chi connectivity index (χ2n) is 10.00. The zero-order valence-electron chi connectivity index (χ0n) is 20.0. The van der Waals surface area contributed by atoms with Gasteiger partial charge in [-0.2, -0.15) is 0 Å². The molecule has 182 valence electrons. The second-order valence-corrected chi connectivity index (χ2v) is 10.00. The summed E-state index contributed by atoms with van der Waals surface area (Å²) in [6, 6.07) is 10.1. The van der Waals surface area contributed by atoms with Gasteiger partial charge in [0.25, 0.3) is 0 Å². The van der Waals surface area contributed by atoms with Crippen LogP contribution in [0.1, 0.15) is 56.0 Å². The number of nitrogens with one attached hydrogen (secondary N) is 1. The summed E-state index contributed by atoms with van der Waals surface area (Å²) in [5.74, 6) is 2.70. The van der Waals surface area contributed by atoms with E-state index in [1.807, 2.05) is 37.4 Å². The number of aromatic nitrogens is 4. The number of aliphatic hydroxyl groups excluding tert-OH is 1. The first kappa shape index (κ1) is 22.1. The van der Waals surface area contributed by atoms with E-state index in [4.69, 9.17) is 10.5 Å². The Morgan fingerprint density at radius 1 is 1.14 bits per heavy atom. The summed E-state index contributed by atoms with van der Waals surface area (Å²) in [4.78, 5) is 13.5. The lowest BCUT2D eigenvalue weighted by molar-refractivity contribution is 0.0983. The molecule has 3 aromatic heterocycles. The molecule has 2 fully saturated rings. The molecular formula is C27H32N6O2. The molecule has 8 nitrogen and oxygen atoms in total. The number of hydrogen-bond acceptors (Lipinski definition) is 7. The number of benzene rings is 1. The van der Waals surface area contributed by atoms with Crippen LogP contribution in [-0.2, 0) is 0 Å². The van der Waals surface area contributed by atoms with E-state index < -0.39 is 6.10 Å². The maximum atomic E-state index is 10.9. The van der Waals surface area contributed by atoms with Crippen LogP contribution in [0.15, 0.2) is 42.9 Å². The van der Waals surface area contributed by atoms with Crippen molar-refractivity contribution in [3.63, 3.8) is 0 Å². The lowest BCUT2D eigenvalue weighted by Gasteiger charge is -2.16. The second kappa shape index (κ2) is 9.00. The fourth-order valence-corrected chi connectivity index (χ4v) is 5.97. The van der Waals surface area contributed by atoms with Gasteiger partial charge in [0.1, 0.15) is 29.4 Å². The van der Waals surface area contributed by atoms with Gasteiger partial charge in [-0.1, -0.05) is 12.8 Å². The minimum Gasteiger partial charge on any atom is -0.493 e. The van der Waals surface area contributed by atoms with E-state index in [1.165, 1.54) is 31.2 Å². The summed E-state index contributed by atoms with van der Waals surface area (Å²) in [6.07, 6.45) is 9.75. The van der Waals surface area contributed by atoms with Crippen LogP contribution in [0.3, 0.4) is 0 Å². The van der Waals surface area contributed by atoms with Crippen LogP contribution in [0.2, 0.25) is 0 Å². The molecule has 0 amide bonds. The standard InChI is InChI=1S/C27H32N6O2/c1-29-24-9-7-17-6-8-20(12-22(17)32-24)35-14-18-10-19(11-23(18)34)33-13-21(16-4-2-3-5-16)25-26(28)30-15-31-27(25)33/h6-9,12-13,15-16,18-19,23,34H,2-5,10-11,14H2,1H3,(H,29,32)(H2,28,30,31)/t18-,19-,23+/m1/s1. The Morgan fingerprint density at radius 3 is 2.80 bits per heavy atom. The van der Waals surface area contributed by atoms with Crippen LogP contribution in [0.4, 0.5) is 11.6 Å². The summed E-state index contributed by atoms with van der Waals surface area (Å²) in [5.41, 5.74) is 9.36. The number of nitrogens with zero attached hydrogens (tertiary/aromatic N) is 4. The molecule has 0 saturated heterocycles. The quantitative estimate of drug-likeness (QED) is 0.374. The minimum atomic E-state index is -0.430.